The largest absolute Gasteiger partial charge is 0.329 e. The Hall–Kier alpha value is -2.38. The smallest absolute Gasteiger partial charge is 0.251 e. The summed E-state index contributed by atoms with van der Waals surface area (Å²) >= 11 is 0. The van der Waals surface area contributed by atoms with Crippen molar-refractivity contribution < 1.29 is 0 Å². The summed E-state index contributed by atoms with van der Waals surface area (Å²) in [6.45, 7) is 9.71. The van der Waals surface area contributed by atoms with Crippen molar-refractivity contribution in [3.05, 3.63) is 81.6 Å². The van der Waals surface area contributed by atoms with Gasteiger partial charge in [0.1, 0.15) is 0 Å². The van der Waals surface area contributed by atoms with E-state index in [1.807, 2.05) is 30.3 Å². The van der Waals surface area contributed by atoms with Crippen LogP contribution in [-0.2, 0) is 6.54 Å². The number of pyridine rings is 1. The normalized spacial score (nSPS) is 22.0. The van der Waals surface area contributed by atoms with Gasteiger partial charge in [-0.05, 0) is 11.6 Å². The lowest BCUT2D eigenvalue weighted by molar-refractivity contribution is 0.325. The van der Waals surface area contributed by atoms with E-state index in [4.69, 9.17) is 6.57 Å². The highest BCUT2D eigenvalue weighted by atomic mass is 16.1. The molecule has 1 aliphatic rings. The zero-order valence-corrected chi connectivity index (χ0v) is 11.7. The van der Waals surface area contributed by atoms with Crippen molar-refractivity contribution in [3.63, 3.8) is 0 Å². The fourth-order valence-corrected chi connectivity index (χ4v) is 3.00. The van der Waals surface area contributed by atoms with Crippen LogP contribution in [0.2, 0.25) is 0 Å². The van der Waals surface area contributed by atoms with Crippen LogP contribution in [0.4, 0.5) is 0 Å². The van der Waals surface area contributed by atoms with E-state index in [1.54, 1.807) is 6.20 Å². The molecule has 2 aromatic rings. The van der Waals surface area contributed by atoms with Crippen molar-refractivity contribution in [1.82, 2.24) is 9.88 Å². The van der Waals surface area contributed by atoms with Gasteiger partial charge >= 0.3 is 0 Å². The van der Waals surface area contributed by atoms with Gasteiger partial charge in [-0.1, -0.05) is 36.4 Å². The molecule has 21 heavy (non-hydrogen) atoms. The molecule has 1 aromatic carbocycles. The topological polar surface area (TPSA) is 40.5 Å². The molecule has 3 rings (SSSR count). The van der Waals surface area contributed by atoms with Crippen LogP contribution in [0.3, 0.4) is 0 Å². The van der Waals surface area contributed by atoms with Crippen LogP contribution in [-0.4, -0.2) is 29.0 Å². The molecular formula is C17H17N3O. The van der Waals surface area contributed by atoms with Gasteiger partial charge in [-0.3, -0.25) is 9.69 Å². The molecule has 1 fully saturated rings. The number of aromatic amines is 1. The SMILES string of the molecule is [C-]#[N+][C@@H]1CN(Cc2ccccc2)CC1c1ccc[nH]c1=O. The summed E-state index contributed by atoms with van der Waals surface area (Å²) in [4.78, 5) is 20.7. The number of hydrogen-bond donors (Lipinski definition) is 1. The van der Waals surface area contributed by atoms with Crippen molar-refractivity contribution in [2.75, 3.05) is 13.1 Å². The average molecular weight is 279 g/mol. The van der Waals surface area contributed by atoms with Gasteiger partial charge in [-0.15, -0.1) is 0 Å². The third kappa shape index (κ3) is 2.88. The third-order valence-electron chi connectivity index (χ3n) is 4.03. The molecule has 0 saturated carbocycles. The van der Waals surface area contributed by atoms with Crippen molar-refractivity contribution in [2.45, 2.75) is 18.5 Å². The summed E-state index contributed by atoms with van der Waals surface area (Å²) in [5, 5.41) is 0. The maximum Gasteiger partial charge on any atom is 0.251 e. The van der Waals surface area contributed by atoms with E-state index >= 15 is 0 Å². The maximum absolute atomic E-state index is 12.0. The van der Waals surface area contributed by atoms with E-state index in [9.17, 15) is 4.79 Å². The van der Waals surface area contributed by atoms with Crippen molar-refractivity contribution in [1.29, 1.82) is 0 Å². The summed E-state index contributed by atoms with van der Waals surface area (Å²) in [6.07, 6.45) is 1.63. The fraction of sp³-hybridized carbons (Fsp3) is 0.294. The minimum Gasteiger partial charge on any atom is -0.329 e. The fourth-order valence-electron chi connectivity index (χ4n) is 3.00. The highest BCUT2D eigenvalue weighted by Crippen LogP contribution is 2.28. The Bertz CT molecular complexity index is 702. The first-order chi connectivity index (χ1) is 10.3. The second kappa shape index (κ2) is 5.94. The van der Waals surface area contributed by atoms with Crippen LogP contribution in [0.25, 0.3) is 4.85 Å². The molecule has 0 aliphatic carbocycles. The first-order valence-electron chi connectivity index (χ1n) is 7.08. The van der Waals surface area contributed by atoms with E-state index in [0.29, 0.717) is 0 Å². The number of nitrogens with zero attached hydrogens (tertiary/aromatic N) is 2. The summed E-state index contributed by atoms with van der Waals surface area (Å²) in [5.74, 6) is -0.00355. The molecule has 106 valence electrons. The monoisotopic (exact) mass is 279 g/mol. The van der Waals surface area contributed by atoms with Gasteiger partial charge in [0.05, 0.1) is 12.5 Å². The highest BCUT2D eigenvalue weighted by molar-refractivity contribution is 5.23. The van der Waals surface area contributed by atoms with E-state index in [0.717, 1.165) is 25.2 Å². The Labute approximate surface area is 123 Å². The van der Waals surface area contributed by atoms with Crippen LogP contribution in [0.5, 0.6) is 0 Å². The number of rotatable bonds is 3. The van der Waals surface area contributed by atoms with Gasteiger partial charge in [-0.25, -0.2) is 6.57 Å². The lowest BCUT2D eigenvalue weighted by Crippen LogP contribution is -2.22. The van der Waals surface area contributed by atoms with Crippen LogP contribution in [0.15, 0.2) is 53.5 Å². The zero-order chi connectivity index (χ0) is 14.7. The average Bonchev–Trinajstić information content (AvgIpc) is 2.91. The summed E-state index contributed by atoms with van der Waals surface area (Å²) in [6, 6.07) is 13.8. The molecule has 2 atom stereocenters. The molecular weight excluding hydrogens is 262 g/mol. The second-order valence-corrected chi connectivity index (χ2v) is 5.44. The molecule has 2 heterocycles. The predicted octanol–water partition coefficient (Wildman–Crippen LogP) is 2.26. The van der Waals surface area contributed by atoms with Crippen LogP contribution < -0.4 is 5.56 Å². The second-order valence-electron chi connectivity index (χ2n) is 5.44. The molecule has 1 aromatic heterocycles. The summed E-state index contributed by atoms with van der Waals surface area (Å²) in [7, 11) is 0. The lowest BCUT2D eigenvalue weighted by atomic mass is 9.96. The van der Waals surface area contributed by atoms with Crippen LogP contribution >= 0.6 is 0 Å². The summed E-state index contributed by atoms with van der Waals surface area (Å²) in [5.41, 5.74) is 1.90. The number of H-pyrrole nitrogens is 1. The third-order valence-corrected chi connectivity index (χ3v) is 4.03. The highest BCUT2D eigenvalue weighted by Gasteiger charge is 2.39. The van der Waals surface area contributed by atoms with E-state index < -0.39 is 0 Å². The van der Waals surface area contributed by atoms with E-state index in [1.165, 1.54) is 5.56 Å². The number of aromatic nitrogens is 1. The van der Waals surface area contributed by atoms with Crippen molar-refractivity contribution >= 4 is 0 Å². The van der Waals surface area contributed by atoms with Gasteiger partial charge < -0.3 is 9.83 Å². The van der Waals surface area contributed by atoms with Gasteiger partial charge in [0.25, 0.3) is 5.56 Å². The molecule has 1 aliphatic heterocycles. The Morgan fingerprint density at radius 1 is 1.19 bits per heavy atom. The number of hydrogen-bond acceptors (Lipinski definition) is 2. The van der Waals surface area contributed by atoms with Gasteiger partial charge in [-0.2, -0.15) is 0 Å². The molecule has 4 heteroatoms. The Morgan fingerprint density at radius 3 is 2.71 bits per heavy atom. The minimum atomic E-state index is -0.141. The van der Waals surface area contributed by atoms with Crippen LogP contribution in [0, 0.1) is 6.57 Å². The van der Waals surface area contributed by atoms with Crippen molar-refractivity contribution in [2.24, 2.45) is 0 Å². The van der Waals surface area contributed by atoms with Gasteiger partial charge in [0, 0.05) is 24.8 Å². The Balaban J connectivity index is 1.79. The molecule has 1 saturated heterocycles. The Morgan fingerprint density at radius 2 is 2.00 bits per heavy atom. The van der Waals surface area contributed by atoms with Gasteiger partial charge in [0.2, 0.25) is 6.04 Å². The zero-order valence-electron chi connectivity index (χ0n) is 11.7. The quantitative estimate of drug-likeness (QED) is 0.876. The van der Waals surface area contributed by atoms with Crippen molar-refractivity contribution in [3.8, 4) is 0 Å². The minimum absolute atomic E-state index is 0.00355. The predicted molar refractivity (Wildman–Crippen MR) is 81.9 cm³/mol. The first kappa shape index (κ1) is 13.6. The Kier molecular flexibility index (Phi) is 3.85. The van der Waals surface area contributed by atoms with Crippen LogP contribution in [0.1, 0.15) is 17.0 Å². The maximum atomic E-state index is 12.0. The standard InChI is InChI=1S/C17H17N3O/c1-18-16-12-20(10-13-6-3-2-4-7-13)11-15(16)14-8-5-9-19-17(14)21/h2-9,15-16H,10-12H2,(H,19,21)/t15?,16-/m1/s1. The first-order valence-corrected chi connectivity index (χ1v) is 7.08. The van der Waals surface area contributed by atoms with Gasteiger partial charge in [0.15, 0.2) is 0 Å². The molecule has 1 N–H and O–H groups in total. The molecule has 0 spiro atoms. The molecule has 4 nitrogen and oxygen atoms in total. The molecule has 0 amide bonds. The lowest BCUT2D eigenvalue weighted by Gasteiger charge is -2.14. The molecule has 0 bridgehead atoms. The van der Waals surface area contributed by atoms with E-state index in [2.05, 4.69) is 26.9 Å². The molecule has 1 unspecified atom stereocenters. The van der Waals surface area contributed by atoms with E-state index in [-0.39, 0.29) is 17.5 Å². The number of benzene rings is 1. The summed E-state index contributed by atoms with van der Waals surface area (Å²) < 4.78 is 0. The number of likely N-dealkylation sites (tertiary alicyclic amines) is 1. The number of nitrogens with one attached hydrogen (secondary N) is 1. The molecule has 0 radical (unpaired) electrons.